The van der Waals surface area contributed by atoms with Crippen molar-refractivity contribution in [3.05, 3.63) is 29.3 Å². The minimum absolute atomic E-state index is 0.225. The fourth-order valence-corrected chi connectivity index (χ4v) is 2.68. The number of likely N-dealkylation sites (tertiary alicyclic amines) is 1. The molecule has 1 fully saturated rings. The van der Waals surface area contributed by atoms with Gasteiger partial charge in [0.2, 0.25) is 0 Å². The first kappa shape index (κ1) is 13.4. The molecule has 1 aliphatic rings. The predicted octanol–water partition coefficient (Wildman–Crippen LogP) is 2.43. The Hall–Kier alpha value is -1.06. The van der Waals surface area contributed by atoms with Crippen LogP contribution in [0.4, 0.5) is 0 Å². The maximum Gasteiger partial charge on any atom is 0.120 e. The van der Waals surface area contributed by atoms with Crippen LogP contribution in [0.2, 0.25) is 0 Å². The van der Waals surface area contributed by atoms with E-state index in [4.69, 9.17) is 5.73 Å². The van der Waals surface area contributed by atoms with Crippen LogP contribution in [-0.4, -0.2) is 29.1 Å². The molecule has 3 heteroatoms. The number of aromatic hydroxyl groups is 1. The first-order chi connectivity index (χ1) is 8.49. The summed E-state index contributed by atoms with van der Waals surface area (Å²) in [5, 5.41) is 10.00. The van der Waals surface area contributed by atoms with Gasteiger partial charge in [0.15, 0.2) is 0 Å². The lowest BCUT2D eigenvalue weighted by atomic mass is 9.92. The van der Waals surface area contributed by atoms with Gasteiger partial charge in [0.25, 0.3) is 0 Å². The standard InChI is InChI=1S/C15H24N2O/c1-10-4-5-15(18)13(8-10)12(3)17-7-6-11(2)14(16)9-17/h4-5,8,11-12,14,18H,6-7,9,16H2,1-3H3. The summed E-state index contributed by atoms with van der Waals surface area (Å²) >= 11 is 0. The second-order valence-corrected chi connectivity index (χ2v) is 5.66. The number of benzene rings is 1. The Balaban J connectivity index is 2.16. The Labute approximate surface area is 110 Å². The highest BCUT2D eigenvalue weighted by Gasteiger charge is 2.27. The minimum Gasteiger partial charge on any atom is -0.508 e. The van der Waals surface area contributed by atoms with E-state index in [2.05, 4.69) is 31.7 Å². The van der Waals surface area contributed by atoms with Crippen molar-refractivity contribution in [3.63, 3.8) is 0 Å². The van der Waals surface area contributed by atoms with Gasteiger partial charge in [-0.25, -0.2) is 0 Å². The van der Waals surface area contributed by atoms with Crippen LogP contribution < -0.4 is 5.73 Å². The highest BCUT2D eigenvalue weighted by Crippen LogP contribution is 2.31. The molecule has 0 bridgehead atoms. The van der Waals surface area contributed by atoms with Gasteiger partial charge in [-0.3, -0.25) is 4.90 Å². The smallest absolute Gasteiger partial charge is 0.120 e. The molecular weight excluding hydrogens is 224 g/mol. The van der Waals surface area contributed by atoms with Crippen LogP contribution in [0, 0.1) is 12.8 Å². The fourth-order valence-electron chi connectivity index (χ4n) is 2.68. The molecule has 3 nitrogen and oxygen atoms in total. The van der Waals surface area contributed by atoms with Gasteiger partial charge in [-0.05, 0) is 38.8 Å². The molecule has 1 heterocycles. The maximum atomic E-state index is 10.00. The second-order valence-electron chi connectivity index (χ2n) is 5.66. The molecule has 1 saturated heterocycles. The van der Waals surface area contributed by atoms with Gasteiger partial charge in [0, 0.05) is 24.2 Å². The Bertz CT molecular complexity index is 419. The van der Waals surface area contributed by atoms with Crippen molar-refractivity contribution < 1.29 is 5.11 Å². The summed E-state index contributed by atoms with van der Waals surface area (Å²) in [6.07, 6.45) is 1.14. The van der Waals surface area contributed by atoms with Crippen molar-refractivity contribution in [3.8, 4) is 5.75 Å². The molecule has 18 heavy (non-hydrogen) atoms. The van der Waals surface area contributed by atoms with Gasteiger partial charge in [0.1, 0.15) is 5.75 Å². The van der Waals surface area contributed by atoms with Crippen molar-refractivity contribution in [2.45, 2.75) is 39.3 Å². The van der Waals surface area contributed by atoms with Gasteiger partial charge in [-0.2, -0.15) is 0 Å². The number of piperidine rings is 1. The molecule has 100 valence electrons. The Morgan fingerprint density at radius 3 is 2.83 bits per heavy atom. The number of rotatable bonds is 2. The van der Waals surface area contributed by atoms with Crippen molar-refractivity contribution >= 4 is 0 Å². The average molecular weight is 248 g/mol. The summed E-state index contributed by atoms with van der Waals surface area (Å²) in [6.45, 7) is 8.40. The summed E-state index contributed by atoms with van der Waals surface area (Å²) in [6, 6.07) is 6.27. The van der Waals surface area contributed by atoms with Gasteiger partial charge in [-0.15, -0.1) is 0 Å². The quantitative estimate of drug-likeness (QED) is 0.845. The SMILES string of the molecule is Cc1ccc(O)c(C(C)N2CCC(C)C(N)C2)c1. The number of phenolic OH excluding ortho intramolecular Hbond substituents is 1. The zero-order valence-electron chi connectivity index (χ0n) is 11.6. The zero-order valence-corrected chi connectivity index (χ0v) is 11.6. The number of nitrogens with two attached hydrogens (primary N) is 1. The molecule has 0 aromatic heterocycles. The van der Waals surface area contributed by atoms with Crippen molar-refractivity contribution in [1.82, 2.24) is 4.90 Å². The highest BCUT2D eigenvalue weighted by atomic mass is 16.3. The number of hydrogen-bond acceptors (Lipinski definition) is 3. The van der Waals surface area contributed by atoms with E-state index in [-0.39, 0.29) is 12.1 Å². The Morgan fingerprint density at radius 2 is 2.17 bits per heavy atom. The molecule has 1 aromatic carbocycles. The van der Waals surface area contributed by atoms with Gasteiger partial charge in [0.05, 0.1) is 0 Å². The average Bonchev–Trinajstić information content (AvgIpc) is 2.35. The summed E-state index contributed by atoms with van der Waals surface area (Å²) in [4.78, 5) is 2.37. The molecule has 0 amide bonds. The van der Waals surface area contributed by atoms with E-state index < -0.39 is 0 Å². The summed E-state index contributed by atoms with van der Waals surface area (Å²) in [5.74, 6) is 0.986. The maximum absolute atomic E-state index is 10.00. The fraction of sp³-hybridized carbons (Fsp3) is 0.600. The van der Waals surface area contributed by atoms with Crippen LogP contribution in [0.15, 0.2) is 18.2 Å². The molecule has 1 aliphatic heterocycles. The lowest BCUT2D eigenvalue weighted by Gasteiger charge is -2.39. The number of phenols is 1. The molecular formula is C15H24N2O. The number of hydrogen-bond donors (Lipinski definition) is 2. The van der Waals surface area contributed by atoms with Crippen LogP contribution in [0.1, 0.15) is 37.4 Å². The van der Waals surface area contributed by atoms with Crippen LogP contribution in [0.5, 0.6) is 5.75 Å². The molecule has 3 unspecified atom stereocenters. The minimum atomic E-state index is 0.225. The molecule has 0 radical (unpaired) electrons. The monoisotopic (exact) mass is 248 g/mol. The van der Waals surface area contributed by atoms with Crippen molar-refractivity contribution in [2.24, 2.45) is 11.7 Å². The van der Waals surface area contributed by atoms with E-state index in [1.54, 1.807) is 6.07 Å². The third-order valence-corrected chi connectivity index (χ3v) is 4.23. The molecule has 0 aliphatic carbocycles. The normalized spacial score (nSPS) is 27.1. The predicted molar refractivity (Wildman–Crippen MR) is 74.6 cm³/mol. The summed E-state index contributed by atoms with van der Waals surface area (Å²) < 4.78 is 0. The van der Waals surface area contributed by atoms with Gasteiger partial charge < -0.3 is 10.8 Å². The largest absolute Gasteiger partial charge is 0.508 e. The first-order valence-corrected chi connectivity index (χ1v) is 6.78. The van der Waals surface area contributed by atoms with E-state index in [0.29, 0.717) is 11.7 Å². The lowest BCUT2D eigenvalue weighted by Crippen LogP contribution is -2.48. The van der Waals surface area contributed by atoms with Crippen LogP contribution >= 0.6 is 0 Å². The topological polar surface area (TPSA) is 49.5 Å². The first-order valence-electron chi connectivity index (χ1n) is 6.78. The van der Waals surface area contributed by atoms with Crippen molar-refractivity contribution in [1.29, 1.82) is 0 Å². The van der Waals surface area contributed by atoms with Crippen LogP contribution in [-0.2, 0) is 0 Å². The number of nitrogens with zero attached hydrogens (tertiary/aromatic N) is 1. The van der Waals surface area contributed by atoms with E-state index in [9.17, 15) is 5.11 Å². The molecule has 0 saturated carbocycles. The Morgan fingerprint density at radius 1 is 1.44 bits per heavy atom. The van der Waals surface area contributed by atoms with Crippen LogP contribution in [0.25, 0.3) is 0 Å². The lowest BCUT2D eigenvalue weighted by molar-refractivity contribution is 0.127. The molecule has 0 spiro atoms. The third kappa shape index (κ3) is 2.68. The zero-order chi connectivity index (χ0) is 13.3. The highest BCUT2D eigenvalue weighted by molar-refractivity contribution is 5.37. The summed E-state index contributed by atoms with van der Waals surface area (Å²) in [5.41, 5.74) is 8.34. The van der Waals surface area contributed by atoms with Gasteiger partial charge in [-0.1, -0.05) is 24.6 Å². The van der Waals surface area contributed by atoms with E-state index >= 15 is 0 Å². The number of aryl methyl sites for hydroxylation is 1. The molecule has 1 aromatic rings. The Kier molecular flexibility index (Phi) is 3.93. The third-order valence-electron chi connectivity index (χ3n) is 4.23. The van der Waals surface area contributed by atoms with Crippen LogP contribution in [0.3, 0.4) is 0 Å². The van der Waals surface area contributed by atoms with E-state index in [0.717, 1.165) is 25.1 Å². The molecule has 3 N–H and O–H groups in total. The second kappa shape index (κ2) is 5.29. The van der Waals surface area contributed by atoms with E-state index in [1.807, 2.05) is 6.07 Å². The summed E-state index contributed by atoms with van der Waals surface area (Å²) in [7, 11) is 0. The van der Waals surface area contributed by atoms with E-state index in [1.165, 1.54) is 5.56 Å². The molecule has 3 atom stereocenters. The van der Waals surface area contributed by atoms with Gasteiger partial charge >= 0.3 is 0 Å². The molecule has 2 rings (SSSR count). The van der Waals surface area contributed by atoms with Crippen molar-refractivity contribution in [2.75, 3.05) is 13.1 Å².